The Bertz CT molecular complexity index is 351. The smallest absolute Gasteiger partial charge is 0.389 e. The third kappa shape index (κ3) is 4.01. The fourth-order valence-corrected chi connectivity index (χ4v) is 3.23. The van der Waals surface area contributed by atoms with Gasteiger partial charge in [-0.3, -0.25) is 0 Å². The van der Waals surface area contributed by atoms with E-state index in [1.54, 1.807) is 14.2 Å². The number of benzene rings is 1. The summed E-state index contributed by atoms with van der Waals surface area (Å²) >= 11 is 0. The fourth-order valence-electron chi connectivity index (χ4n) is 1.71. The van der Waals surface area contributed by atoms with Crippen molar-refractivity contribution >= 4 is 9.28 Å². The van der Waals surface area contributed by atoms with Gasteiger partial charge in [0.1, 0.15) is 0 Å². The van der Waals surface area contributed by atoms with Crippen LogP contribution in [0.15, 0.2) is 18.2 Å². The van der Waals surface area contributed by atoms with E-state index in [4.69, 9.17) is 18.3 Å². The molecule has 0 fully saturated rings. The van der Waals surface area contributed by atoms with Crippen LogP contribution >= 0.6 is 0 Å². The summed E-state index contributed by atoms with van der Waals surface area (Å²) in [5.41, 5.74) is 1.06. The molecule has 101 valence electrons. The van der Waals surface area contributed by atoms with Crippen molar-refractivity contribution in [2.75, 3.05) is 27.4 Å². The quantitative estimate of drug-likeness (QED) is 0.679. The molecule has 0 aliphatic heterocycles. The molecular weight excluding hydrogens is 248 g/mol. The minimum atomic E-state index is -1.29. The highest BCUT2D eigenvalue weighted by Gasteiger charge is 2.19. The summed E-state index contributed by atoms with van der Waals surface area (Å²) in [5, 5.41) is 0. The molecule has 0 bridgehead atoms. The minimum Gasteiger partial charge on any atom is -0.493 e. The molecule has 0 unspecified atom stereocenters. The van der Waals surface area contributed by atoms with E-state index in [2.05, 4.69) is 0 Å². The van der Waals surface area contributed by atoms with Crippen LogP contribution in [0.4, 0.5) is 0 Å². The maximum absolute atomic E-state index is 5.64. The van der Waals surface area contributed by atoms with Gasteiger partial charge in [-0.25, -0.2) is 0 Å². The molecule has 1 aromatic carbocycles. The summed E-state index contributed by atoms with van der Waals surface area (Å²) in [4.78, 5) is 0. The van der Waals surface area contributed by atoms with E-state index in [1.807, 2.05) is 32.0 Å². The van der Waals surface area contributed by atoms with E-state index in [0.29, 0.717) is 13.2 Å². The number of methoxy groups -OCH3 is 2. The van der Waals surface area contributed by atoms with Crippen molar-refractivity contribution in [2.24, 2.45) is 0 Å². The van der Waals surface area contributed by atoms with Crippen LogP contribution in [0.1, 0.15) is 19.4 Å². The van der Waals surface area contributed by atoms with E-state index in [0.717, 1.165) is 23.1 Å². The van der Waals surface area contributed by atoms with E-state index >= 15 is 0 Å². The second-order valence-electron chi connectivity index (χ2n) is 3.57. The zero-order valence-corrected chi connectivity index (χ0v) is 12.5. The van der Waals surface area contributed by atoms with Gasteiger partial charge in [-0.05, 0) is 25.5 Å². The van der Waals surface area contributed by atoms with Crippen molar-refractivity contribution in [1.29, 1.82) is 0 Å². The van der Waals surface area contributed by atoms with Gasteiger partial charge in [-0.15, -0.1) is 0 Å². The van der Waals surface area contributed by atoms with Gasteiger partial charge in [0.15, 0.2) is 11.5 Å². The van der Waals surface area contributed by atoms with Crippen molar-refractivity contribution < 1.29 is 18.3 Å². The largest absolute Gasteiger partial charge is 0.493 e. The van der Waals surface area contributed by atoms with Gasteiger partial charge in [0.2, 0.25) is 0 Å². The molecule has 1 rings (SSSR count). The third-order valence-corrected chi connectivity index (χ3v) is 4.32. The fraction of sp³-hybridized carbons (Fsp3) is 0.538. The summed E-state index contributed by atoms with van der Waals surface area (Å²) in [6.45, 7) is 5.29. The predicted octanol–water partition coefficient (Wildman–Crippen LogP) is 2.35. The standard InChI is InChI=1S/C13H21O4Si/c1-5-16-18(17-6-2)10-11-8-7-9-12(14-3)13(11)15-4/h7-9H,5-6,10H2,1-4H3. The average molecular weight is 269 g/mol. The maximum Gasteiger partial charge on any atom is 0.389 e. The number of ether oxygens (including phenoxy) is 2. The summed E-state index contributed by atoms with van der Waals surface area (Å²) in [6, 6.07) is 6.60. The highest BCUT2D eigenvalue weighted by atomic mass is 28.3. The Kier molecular flexibility index (Phi) is 6.78. The Balaban J connectivity index is 2.87. The molecule has 5 heteroatoms. The van der Waals surface area contributed by atoms with Gasteiger partial charge >= 0.3 is 9.28 Å². The molecule has 0 saturated carbocycles. The number of para-hydroxylation sites is 1. The Morgan fingerprint density at radius 1 is 1.00 bits per heavy atom. The van der Waals surface area contributed by atoms with Crippen LogP contribution in [0.2, 0.25) is 0 Å². The third-order valence-electron chi connectivity index (χ3n) is 2.43. The lowest BCUT2D eigenvalue weighted by molar-refractivity contribution is 0.212. The molecule has 18 heavy (non-hydrogen) atoms. The van der Waals surface area contributed by atoms with Crippen LogP contribution in [0.5, 0.6) is 11.5 Å². The lowest BCUT2D eigenvalue weighted by Crippen LogP contribution is -2.26. The van der Waals surface area contributed by atoms with E-state index in [9.17, 15) is 0 Å². The first kappa shape index (κ1) is 15.0. The predicted molar refractivity (Wildman–Crippen MR) is 72.3 cm³/mol. The number of rotatable bonds is 8. The van der Waals surface area contributed by atoms with Crippen molar-refractivity contribution in [2.45, 2.75) is 19.9 Å². The monoisotopic (exact) mass is 269 g/mol. The first-order chi connectivity index (χ1) is 8.76. The maximum atomic E-state index is 5.64. The molecule has 0 aliphatic carbocycles. The summed E-state index contributed by atoms with van der Waals surface area (Å²) in [5.74, 6) is 1.51. The van der Waals surface area contributed by atoms with Gasteiger partial charge in [0, 0.05) is 19.3 Å². The van der Waals surface area contributed by atoms with Gasteiger partial charge in [-0.1, -0.05) is 12.1 Å². The normalized spacial score (nSPS) is 10.7. The molecule has 0 atom stereocenters. The molecule has 0 saturated heterocycles. The van der Waals surface area contributed by atoms with Crippen LogP contribution in [-0.2, 0) is 14.9 Å². The average Bonchev–Trinajstić information content (AvgIpc) is 2.39. The minimum absolute atomic E-state index is 0.667. The Morgan fingerprint density at radius 3 is 2.17 bits per heavy atom. The highest BCUT2D eigenvalue weighted by molar-refractivity contribution is 6.43. The molecular formula is C13H21O4Si. The Hall–Kier alpha value is -1.04. The zero-order chi connectivity index (χ0) is 13.4. The van der Waals surface area contributed by atoms with Crippen LogP contribution < -0.4 is 9.47 Å². The van der Waals surface area contributed by atoms with Crippen molar-refractivity contribution in [1.82, 2.24) is 0 Å². The molecule has 0 heterocycles. The van der Waals surface area contributed by atoms with Crippen LogP contribution in [0, 0.1) is 0 Å². The van der Waals surface area contributed by atoms with Crippen LogP contribution in [-0.4, -0.2) is 36.7 Å². The van der Waals surface area contributed by atoms with Gasteiger partial charge in [-0.2, -0.15) is 0 Å². The van der Waals surface area contributed by atoms with Crippen LogP contribution in [0.25, 0.3) is 0 Å². The second kappa shape index (κ2) is 8.13. The van der Waals surface area contributed by atoms with Gasteiger partial charge in [0.05, 0.1) is 14.2 Å². The summed E-state index contributed by atoms with van der Waals surface area (Å²) in [6.07, 6.45) is 0. The molecule has 1 aromatic rings. The van der Waals surface area contributed by atoms with E-state index in [-0.39, 0.29) is 0 Å². The van der Waals surface area contributed by atoms with Crippen molar-refractivity contribution in [3.05, 3.63) is 23.8 Å². The number of hydrogen-bond acceptors (Lipinski definition) is 4. The molecule has 1 radical (unpaired) electrons. The van der Waals surface area contributed by atoms with E-state index in [1.165, 1.54) is 0 Å². The summed E-state index contributed by atoms with van der Waals surface area (Å²) < 4.78 is 22.0. The van der Waals surface area contributed by atoms with E-state index < -0.39 is 9.28 Å². The SMILES string of the molecule is CCO[Si](Cc1cccc(OC)c1OC)OCC. The molecule has 0 aromatic heterocycles. The molecule has 0 N–H and O–H groups in total. The van der Waals surface area contributed by atoms with Crippen molar-refractivity contribution in [3.63, 3.8) is 0 Å². The van der Waals surface area contributed by atoms with Crippen molar-refractivity contribution in [3.8, 4) is 11.5 Å². The van der Waals surface area contributed by atoms with Gasteiger partial charge in [0.25, 0.3) is 0 Å². The first-order valence-corrected chi connectivity index (χ1v) is 7.60. The molecule has 0 spiro atoms. The highest BCUT2D eigenvalue weighted by Crippen LogP contribution is 2.31. The Morgan fingerprint density at radius 2 is 1.67 bits per heavy atom. The molecule has 0 aliphatic rings. The topological polar surface area (TPSA) is 36.9 Å². The van der Waals surface area contributed by atoms with Gasteiger partial charge < -0.3 is 18.3 Å². The van der Waals surface area contributed by atoms with Crippen LogP contribution in [0.3, 0.4) is 0 Å². The Labute approximate surface area is 111 Å². The zero-order valence-electron chi connectivity index (χ0n) is 11.5. The molecule has 0 amide bonds. The molecule has 4 nitrogen and oxygen atoms in total. The number of hydrogen-bond donors (Lipinski definition) is 0. The lowest BCUT2D eigenvalue weighted by atomic mass is 10.2. The lowest BCUT2D eigenvalue weighted by Gasteiger charge is -2.16. The summed E-state index contributed by atoms with van der Waals surface area (Å²) in [7, 11) is 1.99. The first-order valence-electron chi connectivity index (χ1n) is 6.08. The second-order valence-corrected chi connectivity index (χ2v) is 5.24.